The standard InChI is InChI=1S/C10H14N2S/c1-3-11-4-2-10(1)5-8-9(6-10)13-7-12-8/h7,11H,1-6H2. The van der Waals surface area contributed by atoms with Crippen molar-refractivity contribution < 1.29 is 0 Å². The van der Waals surface area contributed by atoms with Gasteiger partial charge >= 0.3 is 0 Å². The van der Waals surface area contributed by atoms with Crippen molar-refractivity contribution in [3.05, 3.63) is 16.1 Å². The molecule has 70 valence electrons. The zero-order valence-corrected chi connectivity index (χ0v) is 8.49. The molecule has 0 radical (unpaired) electrons. The van der Waals surface area contributed by atoms with Gasteiger partial charge in [-0.05, 0) is 44.2 Å². The molecule has 0 amide bonds. The molecule has 2 heterocycles. The van der Waals surface area contributed by atoms with E-state index in [2.05, 4.69) is 10.3 Å². The molecule has 1 fully saturated rings. The van der Waals surface area contributed by atoms with Crippen molar-refractivity contribution in [3.63, 3.8) is 0 Å². The Balaban J connectivity index is 1.86. The van der Waals surface area contributed by atoms with Gasteiger partial charge in [-0.3, -0.25) is 0 Å². The van der Waals surface area contributed by atoms with Crippen molar-refractivity contribution >= 4 is 11.3 Å². The average molecular weight is 194 g/mol. The monoisotopic (exact) mass is 194 g/mol. The Morgan fingerprint density at radius 1 is 1.31 bits per heavy atom. The maximum absolute atomic E-state index is 4.44. The number of piperidine rings is 1. The molecule has 1 saturated heterocycles. The topological polar surface area (TPSA) is 24.9 Å². The van der Waals surface area contributed by atoms with Crippen LogP contribution in [0.15, 0.2) is 5.51 Å². The van der Waals surface area contributed by atoms with Crippen molar-refractivity contribution in [2.24, 2.45) is 5.41 Å². The summed E-state index contributed by atoms with van der Waals surface area (Å²) < 4.78 is 0. The smallest absolute Gasteiger partial charge is 0.0797 e. The van der Waals surface area contributed by atoms with Gasteiger partial charge in [-0.15, -0.1) is 11.3 Å². The number of nitrogens with zero attached hydrogens (tertiary/aromatic N) is 1. The molecule has 1 aromatic rings. The van der Waals surface area contributed by atoms with E-state index < -0.39 is 0 Å². The van der Waals surface area contributed by atoms with Crippen LogP contribution in [-0.4, -0.2) is 18.1 Å². The first-order valence-electron chi connectivity index (χ1n) is 5.00. The lowest BCUT2D eigenvalue weighted by Crippen LogP contribution is -2.37. The van der Waals surface area contributed by atoms with Gasteiger partial charge in [0.05, 0.1) is 11.2 Å². The summed E-state index contributed by atoms with van der Waals surface area (Å²) in [5, 5.41) is 3.44. The van der Waals surface area contributed by atoms with Gasteiger partial charge in [0.2, 0.25) is 0 Å². The summed E-state index contributed by atoms with van der Waals surface area (Å²) in [5.41, 5.74) is 3.99. The van der Waals surface area contributed by atoms with Crippen molar-refractivity contribution in [1.29, 1.82) is 0 Å². The minimum atomic E-state index is 0.598. The number of hydrogen-bond acceptors (Lipinski definition) is 3. The first kappa shape index (κ1) is 7.94. The molecule has 0 aromatic carbocycles. The highest BCUT2D eigenvalue weighted by Crippen LogP contribution is 2.44. The Morgan fingerprint density at radius 3 is 2.92 bits per heavy atom. The molecular weight excluding hydrogens is 180 g/mol. The van der Waals surface area contributed by atoms with E-state index in [1.807, 2.05) is 16.8 Å². The number of fused-ring (bicyclic) bond motifs is 1. The fourth-order valence-corrected chi connectivity index (χ4v) is 3.61. The normalized spacial score (nSPS) is 24.9. The molecule has 0 atom stereocenters. The highest BCUT2D eigenvalue weighted by molar-refractivity contribution is 7.09. The summed E-state index contributed by atoms with van der Waals surface area (Å²) in [5.74, 6) is 0. The molecule has 0 bridgehead atoms. The number of thiazole rings is 1. The van der Waals surface area contributed by atoms with Gasteiger partial charge in [0.25, 0.3) is 0 Å². The van der Waals surface area contributed by atoms with Crippen LogP contribution < -0.4 is 5.32 Å². The van der Waals surface area contributed by atoms with E-state index in [1.165, 1.54) is 44.5 Å². The van der Waals surface area contributed by atoms with E-state index in [9.17, 15) is 0 Å². The van der Waals surface area contributed by atoms with Crippen LogP contribution in [0.25, 0.3) is 0 Å². The fourth-order valence-electron chi connectivity index (χ4n) is 2.65. The molecule has 1 aliphatic heterocycles. The van der Waals surface area contributed by atoms with Crippen LogP contribution in [0.2, 0.25) is 0 Å². The Hall–Kier alpha value is -0.410. The molecule has 1 aromatic heterocycles. The predicted molar refractivity (Wildman–Crippen MR) is 54.1 cm³/mol. The number of hydrogen-bond donors (Lipinski definition) is 1. The Bertz CT molecular complexity index is 290. The summed E-state index contributed by atoms with van der Waals surface area (Å²) in [6, 6.07) is 0. The summed E-state index contributed by atoms with van der Waals surface area (Å²) in [6.07, 6.45) is 5.23. The van der Waals surface area contributed by atoms with E-state index in [4.69, 9.17) is 0 Å². The van der Waals surface area contributed by atoms with Crippen LogP contribution in [0.1, 0.15) is 23.4 Å². The first-order valence-corrected chi connectivity index (χ1v) is 5.88. The van der Waals surface area contributed by atoms with Crippen LogP contribution in [0, 0.1) is 5.41 Å². The van der Waals surface area contributed by atoms with E-state index in [0.29, 0.717) is 5.41 Å². The fraction of sp³-hybridized carbons (Fsp3) is 0.700. The molecule has 3 rings (SSSR count). The largest absolute Gasteiger partial charge is 0.317 e. The Labute approximate surface area is 82.4 Å². The Kier molecular flexibility index (Phi) is 1.70. The minimum absolute atomic E-state index is 0.598. The third-order valence-corrected chi connectivity index (χ3v) is 4.34. The molecule has 3 heteroatoms. The predicted octanol–water partition coefficient (Wildman–Crippen LogP) is 1.61. The summed E-state index contributed by atoms with van der Waals surface area (Å²) in [6.45, 7) is 2.41. The maximum Gasteiger partial charge on any atom is 0.0797 e. The van der Waals surface area contributed by atoms with Gasteiger partial charge in [-0.2, -0.15) is 0 Å². The van der Waals surface area contributed by atoms with Gasteiger partial charge in [-0.25, -0.2) is 4.98 Å². The zero-order valence-electron chi connectivity index (χ0n) is 7.68. The highest BCUT2D eigenvalue weighted by atomic mass is 32.1. The summed E-state index contributed by atoms with van der Waals surface area (Å²) in [4.78, 5) is 6.00. The van der Waals surface area contributed by atoms with Crippen molar-refractivity contribution in [2.45, 2.75) is 25.7 Å². The molecule has 1 aliphatic carbocycles. The first-order chi connectivity index (χ1) is 6.38. The summed E-state index contributed by atoms with van der Waals surface area (Å²) >= 11 is 1.85. The molecule has 2 nitrogen and oxygen atoms in total. The van der Waals surface area contributed by atoms with Crippen LogP contribution in [-0.2, 0) is 12.8 Å². The molecule has 0 unspecified atom stereocenters. The maximum atomic E-state index is 4.44. The highest BCUT2D eigenvalue weighted by Gasteiger charge is 2.39. The van der Waals surface area contributed by atoms with Gasteiger partial charge in [0.15, 0.2) is 0 Å². The van der Waals surface area contributed by atoms with E-state index in [-0.39, 0.29) is 0 Å². The number of aromatic nitrogens is 1. The lowest BCUT2D eigenvalue weighted by Gasteiger charge is -2.33. The lowest BCUT2D eigenvalue weighted by molar-refractivity contribution is 0.215. The van der Waals surface area contributed by atoms with Crippen LogP contribution in [0.4, 0.5) is 0 Å². The molecule has 13 heavy (non-hydrogen) atoms. The molecule has 1 N–H and O–H groups in total. The van der Waals surface area contributed by atoms with Crippen LogP contribution in [0.5, 0.6) is 0 Å². The SMILES string of the molecule is c1nc2c(s1)CC1(CCNCC1)C2. The quantitative estimate of drug-likeness (QED) is 0.678. The van der Waals surface area contributed by atoms with Crippen LogP contribution >= 0.6 is 11.3 Å². The van der Waals surface area contributed by atoms with Gasteiger partial charge < -0.3 is 5.32 Å². The van der Waals surface area contributed by atoms with Gasteiger partial charge in [0, 0.05) is 4.88 Å². The number of nitrogens with one attached hydrogen (secondary N) is 1. The third kappa shape index (κ3) is 1.22. The van der Waals surface area contributed by atoms with Crippen LogP contribution in [0.3, 0.4) is 0 Å². The van der Waals surface area contributed by atoms with E-state index >= 15 is 0 Å². The molecule has 2 aliphatic rings. The second-order valence-electron chi connectivity index (χ2n) is 4.33. The van der Waals surface area contributed by atoms with E-state index in [1.54, 1.807) is 4.88 Å². The third-order valence-electron chi connectivity index (χ3n) is 3.47. The van der Waals surface area contributed by atoms with Gasteiger partial charge in [-0.1, -0.05) is 0 Å². The minimum Gasteiger partial charge on any atom is -0.317 e. The Morgan fingerprint density at radius 2 is 2.15 bits per heavy atom. The lowest BCUT2D eigenvalue weighted by atomic mass is 9.77. The molecular formula is C10H14N2S. The second-order valence-corrected chi connectivity index (χ2v) is 5.27. The number of rotatable bonds is 0. The summed E-state index contributed by atoms with van der Waals surface area (Å²) in [7, 11) is 0. The van der Waals surface area contributed by atoms with Gasteiger partial charge in [0.1, 0.15) is 0 Å². The zero-order chi connectivity index (χ0) is 8.73. The molecule has 0 saturated carbocycles. The van der Waals surface area contributed by atoms with Crippen molar-refractivity contribution in [3.8, 4) is 0 Å². The second kappa shape index (κ2) is 2.79. The molecule has 1 spiro atoms. The van der Waals surface area contributed by atoms with Crippen molar-refractivity contribution in [1.82, 2.24) is 10.3 Å². The average Bonchev–Trinajstić information content (AvgIpc) is 2.64. The van der Waals surface area contributed by atoms with E-state index in [0.717, 1.165) is 0 Å². The van der Waals surface area contributed by atoms with Crippen molar-refractivity contribution in [2.75, 3.05) is 13.1 Å².